The lowest BCUT2D eigenvalue weighted by atomic mass is 10.1. The summed E-state index contributed by atoms with van der Waals surface area (Å²) in [7, 11) is 0. The van der Waals surface area contributed by atoms with Gasteiger partial charge in [-0.3, -0.25) is 14.4 Å². The summed E-state index contributed by atoms with van der Waals surface area (Å²) in [6.45, 7) is 9.67. The summed E-state index contributed by atoms with van der Waals surface area (Å²) in [5.74, 6) is -1.94. The molecule has 9 heteroatoms. The van der Waals surface area contributed by atoms with Crippen molar-refractivity contribution >= 4 is 35.5 Å². The van der Waals surface area contributed by atoms with Crippen LogP contribution in [0.5, 0.6) is 0 Å². The molecule has 0 saturated heterocycles. The molecule has 0 aliphatic carbocycles. The van der Waals surface area contributed by atoms with Crippen molar-refractivity contribution < 1.29 is 24.3 Å². The number of thioether (sulfide) groups is 1. The number of hydrogen-bond acceptors (Lipinski definition) is 5. The summed E-state index contributed by atoms with van der Waals surface area (Å²) in [6, 6.07) is -2.00. The third kappa shape index (κ3) is 17.0. The van der Waals surface area contributed by atoms with Crippen molar-refractivity contribution in [1.29, 1.82) is 0 Å². The van der Waals surface area contributed by atoms with Gasteiger partial charge < -0.3 is 21.5 Å². The molecule has 0 bridgehead atoms. The molecule has 0 aromatic rings. The first kappa shape index (κ1) is 31.4. The van der Waals surface area contributed by atoms with Crippen LogP contribution in [-0.4, -0.2) is 52.4 Å². The SMILES string of the molecule is CC(=O)NC(CCC(=O)N[C@@H](CSCC=C(C)CCC=C(C)CCC=C(C)C)C(=O)O)C(N)=O. The van der Waals surface area contributed by atoms with Gasteiger partial charge in [-0.25, -0.2) is 4.79 Å². The van der Waals surface area contributed by atoms with E-state index in [0.29, 0.717) is 5.75 Å². The second kappa shape index (κ2) is 17.9. The molecule has 0 aliphatic heterocycles. The largest absolute Gasteiger partial charge is 0.480 e. The summed E-state index contributed by atoms with van der Waals surface area (Å²) in [5, 5.41) is 14.2. The minimum absolute atomic E-state index is 0.00499. The zero-order chi connectivity index (χ0) is 26.1. The Labute approximate surface area is 207 Å². The van der Waals surface area contributed by atoms with Crippen LogP contribution in [0.3, 0.4) is 0 Å². The van der Waals surface area contributed by atoms with E-state index in [-0.39, 0.29) is 18.6 Å². The third-order valence-electron chi connectivity index (χ3n) is 4.97. The quantitative estimate of drug-likeness (QED) is 0.180. The molecule has 192 valence electrons. The van der Waals surface area contributed by atoms with E-state index in [1.165, 1.54) is 35.4 Å². The highest BCUT2D eigenvalue weighted by molar-refractivity contribution is 7.99. The fourth-order valence-corrected chi connectivity index (χ4v) is 3.97. The van der Waals surface area contributed by atoms with Gasteiger partial charge in [-0.2, -0.15) is 11.8 Å². The second-order valence-electron chi connectivity index (χ2n) is 8.65. The van der Waals surface area contributed by atoms with Crippen LogP contribution in [0.2, 0.25) is 0 Å². The first-order valence-corrected chi connectivity index (χ1v) is 12.7. The van der Waals surface area contributed by atoms with Gasteiger partial charge in [0.15, 0.2) is 0 Å². The maximum Gasteiger partial charge on any atom is 0.327 e. The Bertz CT molecular complexity index is 785. The predicted octanol–water partition coefficient (Wildman–Crippen LogP) is 3.48. The Morgan fingerprint density at radius 2 is 1.44 bits per heavy atom. The number of carboxylic acids is 1. The van der Waals surface area contributed by atoms with Gasteiger partial charge in [0.25, 0.3) is 0 Å². The Hall–Kier alpha value is -2.55. The molecule has 1 unspecified atom stereocenters. The molecular weight excluding hydrogens is 454 g/mol. The van der Waals surface area contributed by atoms with Gasteiger partial charge in [0.1, 0.15) is 12.1 Å². The third-order valence-corrected chi connectivity index (χ3v) is 5.94. The summed E-state index contributed by atoms with van der Waals surface area (Å²) >= 11 is 1.43. The number of nitrogens with one attached hydrogen (secondary N) is 2. The van der Waals surface area contributed by atoms with Crippen molar-refractivity contribution in [3.05, 3.63) is 34.9 Å². The van der Waals surface area contributed by atoms with Gasteiger partial charge in [-0.05, 0) is 59.8 Å². The molecule has 0 rings (SSSR count). The standard InChI is InChI=1S/C25H41N3O5S/c1-17(2)8-6-9-18(3)10-7-11-19(4)14-15-34-16-22(25(32)33)28-23(30)13-12-21(24(26)31)27-20(5)29/h8,10,14,21-22H,6-7,9,11-13,15-16H2,1-5H3,(H2,26,31)(H,27,29)(H,28,30)(H,32,33)/t21?,22-/m0/s1. The first-order chi connectivity index (χ1) is 15.9. The molecule has 0 aromatic heterocycles. The Morgan fingerprint density at radius 1 is 0.853 bits per heavy atom. The molecule has 0 fully saturated rings. The van der Waals surface area contributed by atoms with Gasteiger partial charge in [0.2, 0.25) is 17.7 Å². The molecular formula is C25H41N3O5S. The van der Waals surface area contributed by atoms with Crippen LogP contribution in [-0.2, 0) is 19.2 Å². The van der Waals surface area contributed by atoms with Crippen LogP contribution in [0.4, 0.5) is 0 Å². The molecule has 8 nitrogen and oxygen atoms in total. The zero-order valence-corrected chi connectivity index (χ0v) is 21.9. The monoisotopic (exact) mass is 495 g/mol. The molecule has 2 atom stereocenters. The van der Waals surface area contributed by atoms with Crippen molar-refractivity contribution in [3.8, 4) is 0 Å². The van der Waals surface area contributed by atoms with E-state index >= 15 is 0 Å². The van der Waals surface area contributed by atoms with Gasteiger partial charge >= 0.3 is 5.97 Å². The maximum absolute atomic E-state index is 12.1. The summed E-state index contributed by atoms with van der Waals surface area (Å²) in [5.41, 5.74) is 9.18. The minimum atomic E-state index is -1.12. The fraction of sp³-hybridized carbons (Fsp3) is 0.600. The Morgan fingerprint density at radius 3 is 1.97 bits per heavy atom. The molecule has 0 heterocycles. The van der Waals surface area contributed by atoms with E-state index in [4.69, 9.17) is 5.73 Å². The molecule has 0 aromatic carbocycles. The smallest absolute Gasteiger partial charge is 0.327 e. The van der Waals surface area contributed by atoms with Gasteiger partial charge in [-0.1, -0.05) is 34.9 Å². The molecule has 0 aliphatic rings. The summed E-state index contributed by atoms with van der Waals surface area (Å²) in [4.78, 5) is 46.0. The average Bonchev–Trinajstić information content (AvgIpc) is 2.72. The van der Waals surface area contributed by atoms with E-state index in [9.17, 15) is 24.3 Å². The normalized spacial score (nSPS) is 13.6. The maximum atomic E-state index is 12.1. The van der Waals surface area contributed by atoms with Crippen LogP contribution >= 0.6 is 11.8 Å². The van der Waals surface area contributed by atoms with E-state index < -0.39 is 35.8 Å². The van der Waals surface area contributed by atoms with Crippen LogP contribution < -0.4 is 16.4 Å². The van der Waals surface area contributed by atoms with Crippen molar-refractivity contribution in [3.63, 3.8) is 0 Å². The number of primary amides is 1. The van der Waals surface area contributed by atoms with Crippen LogP contribution in [0, 0.1) is 0 Å². The van der Waals surface area contributed by atoms with Gasteiger partial charge in [-0.15, -0.1) is 0 Å². The van der Waals surface area contributed by atoms with E-state index in [1.807, 2.05) is 0 Å². The number of aliphatic carboxylic acids is 1. The number of rotatable bonds is 17. The van der Waals surface area contributed by atoms with Crippen molar-refractivity contribution in [1.82, 2.24) is 10.6 Å². The van der Waals surface area contributed by atoms with E-state index in [2.05, 4.69) is 56.6 Å². The number of nitrogens with two attached hydrogens (primary N) is 1. The van der Waals surface area contributed by atoms with Crippen molar-refractivity contribution in [2.45, 2.75) is 85.2 Å². The lowest BCUT2D eigenvalue weighted by Crippen LogP contribution is -2.46. The summed E-state index contributed by atoms with van der Waals surface area (Å²) in [6.07, 6.45) is 10.6. The minimum Gasteiger partial charge on any atom is -0.480 e. The predicted molar refractivity (Wildman–Crippen MR) is 138 cm³/mol. The second-order valence-corrected chi connectivity index (χ2v) is 9.72. The lowest BCUT2D eigenvalue weighted by molar-refractivity contribution is -0.141. The number of carbonyl (C=O) groups is 4. The number of hydrogen-bond donors (Lipinski definition) is 4. The highest BCUT2D eigenvalue weighted by Gasteiger charge is 2.22. The molecule has 0 saturated carbocycles. The molecule has 3 amide bonds. The van der Waals surface area contributed by atoms with Crippen molar-refractivity contribution in [2.75, 3.05) is 11.5 Å². The Kier molecular flexibility index (Phi) is 16.5. The average molecular weight is 496 g/mol. The fourth-order valence-electron chi connectivity index (χ4n) is 2.97. The lowest BCUT2D eigenvalue weighted by Gasteiger charge is -2.16. The number of amides is 3. The molecule has 0 spiro atoms. The molecule has 5 N–H and O–H groups in total. The summed E-state index contributed by atoms with van der Waals surface area (Å²) < 4.78 is 0. The van der Waals surface area contributed by atoms with Crippen molar-refractivity contribution in [2.24, 2.45) is 5.73 Å². The van der Waals surface area contributed by atoms with E-state index in [1.54, 1.807) is 0 Å². The number of allylic oxidation sites excluding steroid dienone is 5. The Balaban J connectivity index is 4.40. The number of carbonyl (C=O) groups excluding carboxylic acids is 3. The first-order valence-electron chi connectivity index (χ1n) is 11.5. The van der Waals surface area contributed by atoms with Gasteiger partial charge in [0, 0.05) is 24.9 Å². The van der Waals surface area contributed by atoms with Crippen LogP contribution in [0.25, 0.3) is 0 Å². The highest BCUT2D eigenvalue weighted by atomic mass is 32.2. The van der Waals surface area contributed by atoms with E-state index in [0.717, 1.165) is 25.7 Å². The van der Waals surface area contributed by atoms with Crippen LogP contribution in [0.15, 0.2) is 34.9 Å². The molecule has 0 radical (unpaired) electrons. The highest BCUT2D eigenvalue weighted by Crippen LogP contribution is 2.13. The molecule has 34 heavy (non-hydrogen) atoms. The van der Waals surface area contributed by atoms with Gasteiger partial charge in [0.05, 0.1) is 0 Å². The zero-order valence-electron chi connectivity index (χ0n) is 21.1. The van der Waals surface area contributed by atoms with Crippen LogP contribution in [0.1, 0.15) is 73.1 Å². The number of carboxylic acid groups (broad SMARTS) is 1. The topological polar surface area (TPSA) is 139 Å².